The SMILES string of the molecule is COCC(Cn1ccnc1N)C(C)C. The fraction of sp³-hybridized carbons (Fsp3) is 0.700. The molecule has 2 N–H and O–H groups in total. The highest BCUT2D eigenvalue weighted by Crippen LogP contribution is 2.15. The van der Waals surface area contributed by atoms with Crippen molar-refractivity contribution in [2.45, 2.75) is 20.4 Å². The van der Waals surface area contributed by atoms with Gasteiger partial charge in [0.05, 0.1) is 6.61 Å². The molecule has 0 saturated heterocycles. The summed E-state index contributed by atoms with van der Waals surface area (Å²) in [4.78, 5) is 3.99. The van der Waals surface area contributed by atoms with E-state index in [1.165, 1.54) is 0 Å². The highest BCUT2D eigenvalue weighted by atomic mass is 16.5. The van der Waals surface area contributed by atoms with E-state index in [1.807, 2.05) is 10.8 Å². The van der Waals surface area contributed by atoms with E-state index in [1.54, 1.807) is 13.3 Å². The Balaban J connectivity index is 2.60. The van der Waals surface area contributed by atoms with E-state index < -0.39 is 0 Å². The fourth-order valence-corrected chi connectivity index (χ4v) is 1.42. The van der Waals surface area contributed by atoms with Crippen molar-refractivity contribution >= 4 is 5.95 Å². The van der Waals surface area contributed by atoms with Crippen LogP contribution in [0.2, 0.25) is 0 Å². The van der Waals surface area contributed by atoms with Gasteiger partial charge < -0.3 is 15.0 Å². The van der Waals surface area contributed by atoms with Gasteiger partial charge in [-0.15, -0.1) is 0 Å². The van der Waals surface area contributed by atoms with Crippen molar-refractivity contribution in [3.05, 3.63) is 12.4 Å². The predicted molar refractivity (Wildman–Crippen MR) is 56.8 cm³/mol. The number of nitrogen functional groups attached to an aromatic ring is 1. The lowest BCUT2D eigenvalue weighted by Crippen LogP contribution is -2.21. The standard InChI is InChI=1S/C10H19N3O/c1-8(2)9(7-14-3)6-13-5-4-12-10(13)11/h4-5,8-9H,6-7H2,1-3H3,(H2,11,12). The summed E-state index contributed by atoms with van der Waals surface area (Å²) in [7, 11) is 1.73. The Morgan fingerprint density at radius 2 is 2.29 bits per heavy atom. The molecule has 1 aromatic heterocycles. The Labute approximate surface area is 85.1 Å². The summed E-state index contributed by atoms with van der Waals surface area (Å²) in [6.45, 7) is 6.01. The van der Waals surface area contributed by atoms with Gasteiger partial charge in [0, 0.05) is 32.0 Å². The topological polar surface area (TPSA) is 53.1 Å². The van der Waals surface area contributed by atoms with Crippen LogP contribution in [0.4, 0.5) is 5.95 Å². The molecule has 0 spiro atoms. The van der Waals surface area contributed by atoms with Gasteiger partial charge in [-0.3, -0.25) is 0 Å². The second-order valence-electron chi connectivity index (χ2n) is 3.90. The molecule has 0 aliphatic heterocycles. The van der Waals surface area contributed by atoms with Crippen LogP contribution >= 0.6 is 0 Å². The minimum atomic E-state index is 0.483. The molecule has 0 aliphatic carbocycles. The molecule has 0 fully saturated rings. The number of anilines is 1. The van der Waals surface area contributed by atoms with Gasteiger partial charge in [-0.1, -0.05) is 13.8 Å². The molecule has 0 saturated carbocycles. The van der Waals surface area contributed by atoms with E-state index in [-0.39, 0.29) is 0 Å². The van der Waals surface area contributed by atoms with Gasteiger partial charge in [0.2, 0.25) is 0 Å². The molecule has 0 radical (unpaired) electrons. The van der Waals surface area contributed by atoms with Gasteiger partial charge in [-0.25, -0.2) is 4.98 Å². The van der Waals surface area contributed by atoms with Gasteiger partial charge in [0.25, 0.3) is 0 Å². The van der Waals surface area contributed by atoms with Gasteiger partial charge >= 0.3 is 0 Å². The van der Waals surface area contributed by atoms with E-state index in [0.717, 1.165) is 13.2 Å². The predicted octanol–water partition coefficient (Wildman–Crippen LogP) is 1.38. The highest BCUT2D eigenvalue weighted by molar-refractivity contribution is 5.16. The van der Waals surface area contributed by atoms with Crippen LogP contribution in [0.25, 0.3) is 0 Å². The van der Waals surface area contributed by atoms with Crippen LogP contribution in [0.5, 0.6) is 0 Å². The van der Waals surface area contributed by atoms with Crippen molar-refractivity contribution in [2.24, 2.45) is 11.8 Å². The normalized spacial score (nSPS) is 13.4. The summed E-state index contributed by atoms with van der Waals surface area (Å²) in [6, 6.07) is 0. The Morgan fingerprint density at radius 1 is 1.57 bits per heavy atom. The fourth-order valence-electron chi connectivity index (χ4n) is 1.42. The van der Waals surface area contributed by atoms with Gasteiger partial charge in [0.15, 0.2) is 5.95 Å². The summed E-state index contributed by atoms with van der Waals surface area (Å²) < 4.78 is 7.14. The van der Waals surface area contributed by atoms with Crippen molar-refractivity contribution in [2.75, 3.05) is 19.5 Å². The maximum Gasteiger partial charge on any atom is 0.200 e. The Hall–Kier alpha value is -1.03. The first-order valence-electron chi connectivity index (χ1n) is 4.90. The molecule has 0 amide bonds. The molecule has 0 aromatic carbocycles. The van der Waals surface area contributed by atoms with Crippen LogP contribution < -0.4 is 5.73 Å². The Kier molecular flexibility index (Phi) is 3.95. The zero-order chi connectivity index (χ0) is 10.6. The van der Waals surface area contributed by atoms with Crippen LogP contribution in [0.1, 0.15) is 13.8 Å². The minimum absolute atomic E-state index is 0.483. The summed E-state index contributed by atoms with van der Waals surface area (Å²) in [5, 5.41) is 0. The number of methoxy groups -OCH3 is 1. The van der Waals surface area contributed by atoms with E-state index in [9.17, 15) is 0 Å². The van der Waals surface area contributed by atoms with Gasteiger partial charge in [-0.2, -0.15) is 0 Å². The quantitative estimate of drug-likeness (QED) is 0.776. The highest BCUT2D eigenvalue weighted by Gasteiger charge is 2.14. The van der Waals surface area contributed by atoms with E-state index in [0.29, 0.717) is 17.8 Å². The number of aromatic nitrogens is 2. The smallest absolute Gasteiger partial charge is 0.200 e. The van der Waals surface area contributed by atoms with Crippen LogP contribution in [-0.4, -0.2) is 23.3 Å². The lowest BCUT2D eigenvalue weighted by atomic mass is 9.97. The molecule has 0 aliphatic rings. The van der Waals surface area contributed by atoms with Gasteiger partial charge in [0.1, 0.15) is 0 Å². The number of ether oxygens (including phenoxy) is 1. The zero-order valence-corrected chi connectivity index (χ0v) is 9.10. The molecule has 1 unspecified atom stereocenters. The lowest BCUT2D eigenvalue weighted by molar-refractivity contribution is 0.119. The minimum Gasteiger partial charge on any atom is -0.384 e. The van der Waals surface area contributed by atoms with Crippen molar-refractivity contribution in [3.63, 3.8) is 0 Å². The molecule has 1 atom stereocenters. The van der Waals surface area contributed by atoms with Gasteiger partial charge in [-0.05, 0) is 5.92 Å². The summed E-state index contributed by atoms with van der Waals surface area (Å²) >= 11 is 0. The number of nitrogens with two attached hydrogens (primary N) is 1. The molecular weight excluding hydrogens is 178 g/mol. The maximum atomic E-state index is 5.70. The second-order valence-corrected chi connectivity index (χ2v) is 3.90. The first-order chi connectivity index (χ1) is 6.65. The zero-order valence-electron chi connectivity index (χ0n) is 9.10. The number of hydrogen-bond donors (Lipinski definition) is 1. The van der Waals surface area contributed by atoms with Crippen LogP contribution in [-0.2, 0) is 11.3 Å². The third-order valence-corrected chi connectivity index (χ3v) is 2.50. The summed E-state index contributed by atoms with van der Waals surface area (Å²) in [5.41, 5.74) is 5.70. The van der Waals surface area contributed by atoms with Crippen LogP contribution in [0.15, 0.2) is 12.4 Å². The van der Waals surface area contributed by atoms with Crippen LogP contribution in [0.3, 0.4) is 0 Å². The average Bonchev–Trinajstić information content (AvgIpc) is 2.51. The first kappa shape index (κ1) is 11.0. The molecule has 4 heteroatoms. The molecule has 0 bridgehead atoms. The third kappa shape index (κ3) is 2.73. The van der Waals surface area contributed by atoms with Crippen LogP contribution in [0, 0.1) is 11.8 Å². The number of imidazole rings is 1. The Morgan fingerprint density at radius 3 is 2.71 bits per heavy atom. The molecule has 4 nitrogen and oxygen atoms in total. The van der Waals surface area contributed by atoms with Crippen molar-refractivity contribution in [1.29, 1.82) is 0 Å². The first-order valence-corrected chi connectivity index (χ1v) is 4.90. The number of rotatable bonds is 5. The van der Waals surface area contributed by atoms with E-state index in [2.05, 4.69) is 18.8 Å². The van der Waals surface area contributed by atoms with E-state index >= 15 is 0 Å². The number of hydrogen-bond acceptors (Lipinski definition) is 3. The largest absolute Gasteiger partial charge is 0.384 e. The third-order valence-electron chi connectivity index (χ3n) is 2.50. The molecule has 14 heavy (non-hydrogen) atoms. The van der Waals surface area contributed by atoms with E-state index in [4.69, 9.17) is 10.5 Å². The monoisotopic (exact) mass is 197 g/mol. The summed E-state index contributed by atoms with van der Waals surface area (Å²) in [5.74, 6) is 1.64. The average molecular weight is 197 g/mol. The van der Waals surface area contributed by atoms with Crippen molar-refractivity contribution < 1.29 is 4.74 Å². The molecule has 1 aromatic rings. The number of nitrogens with zero attached hydrogens (tertiary/aromatic N) is 2. The lowest BCUT2D eigenvalue weighted by Gasteiger charge is -2.20. The molecule has 1 heterocycles. The molecule has 80 valence electrons. The summed E-state index contributed by atoms with van der Waals surface area (Å²) in [6.07, 6.45) is 3.62. The van der Waals surface area contributed by atoms with Crippen molar-refractivity contribution in [3.8, 4) is 0 Å². The molecular formula is C10H19N3O. The molecule has 1 rings (SSSR count). The Bertz CT molecular complexity index is 270. The van der Waals surface area contributed by atoms with Crippen molar-refractivity contribution in [1.82, 2.24) is 9.55 Å². The maximum absolute atomic E-state index is 5.70. The second kappa shape index (κ2) is 5.00.